The van der Waals surface area contributed by atoms with Crippen molar-refractivity contribution in [2.75, 3.05) is 7.05 Å². The fraction of sp³-hybridized carbons (Fsp3) is 0.333. The minimum absolute atomic E-state index is 0.204. The highest BCUT2D eigenvalue weighted by Gasteiger charge is 2.11. The number of hydrogen-bond donors (Lipinski definition) is 0. The van der Waals surface area contributed by atoms with Crippen LogP contribution in [0.1, 0.15) is 11.8 Å². The predicted octanol–water partition coefficient (Wildman–Crippen LogP) is 1.23. The molecule has 0 atom stereocenters. The van der Waals surface area contributed by atoms with Crippen LogP contribution in [0.4, 0.5) is 0 Å². The van der Waals surface area contributed by atoms with Crippen LogP contribution in [0.15, 0.2) is 17.5 Å². The van der Waals surface area contributed by atoms with Crippen molar-refractivity contribution in [1.29, 1.82) is 0 Å². The normalized spacial score (nSPS) is 9.57. The van der Waals surface area contributed by atoms with Crippen LogP contribution in [0.5, 0.6) is 0 Å². The summed E-state index contributed by atoms with van der Waals surface area (Å²) in [5.41, 5.74) is 0. The first-order valence-electron chi connectivity index (χ1n) is 4.07. The van der Waals surface area contributed by atoms with Crippen LogP contribution in [0, 0.1) is 0 Å². The number of thiophene rings is 1. The number of nitrogens with zero attached hydrogens (tertiary/aromatic N) is 1. The van der Waals surface area contributed by atoms with Crippen LogP contribution in [0.2, 0.25) is 0 Å². The van der Waals surface area contributed by atoms with E-state index in [1.54, 1.807) is 0 Å². The minimum atomic E-state index is -0.426. The molecule has 0 aliphatic heterocycles. The molecule has 0 saturated carbocycles. The van der Waals surface area contributed by atoms with E-state index in [9.17, 15) is 9.59 Å². The summed E-state index contributed by atoms with van der Waals surface area (Å²) in [6.07, 6.45) is 0.204. The Morgan fingerprint density at radius 1 is 1.57 bits per heavy atom. The van der Waals surface area contributed by atoms with E-state index in [0.717, 1.165) is 9.94 Å². The second-order valence-corrected chi connectivity index (χ2v) is 3.77. The van der Waals surface area contributed by atoms with Crippen molar-refractivity contribution in [2.45, 2.75) is 13.3 Å². The summed E-state index contributed by atoms with van der Waals surface area (Å²) in [7, 11) is 1.41. The summed E-state index contributed by atoms with van der Waals surface area (Å²) in [6, 6.07) is 3.71. The van der Waals surface area contributed by atoms with Crippen molar-refractivity contribution < 1.29 is 14.4 Å². The van der Waals surface area contributed by atoms with Gasteiger partial charge in [-0.05, 0) is 11.4 Å². The van der Waals surface area contributed by atoms with Gasteiger partial charge in [-0.15, -0.1) is 11.3 Å². The molecule has 0 spiro atoms. The maximum Gasteiger partial charge on any atom is 0.337 e. The molecule has 1 heterocycles. The van der Waals surface area contributed by atoms with Crippen molar-refractivity contribution in [1.82, 2.24) is 5.06 Å². The molecular weight excluding hydrogens is 202 g/mol. The highest BCUT2D eigenvalue weighted by atomic mass is 32.1. The molecule has 1 amide bonds. The Labute approximate surface area is 86.0 Å². The van der Waals surface area contributed by atoms with Gasteiger partial charge in [0.2, 0.25) is 0 Å². The van der Waals surface area contributed by atoms with Crippen molar-refractivity contribution >= 4 is 23.2 Å². The lowest BCUT2D eigenvalue weighted by molar-refractivity contribution is -0.190. The van der Waals surface area contributed by atoms with Gasteiger partial charge in [-0.1, -0.05) is 6.07 Å². The highest BCUT2D eigenvalue weighted by molar-refractivity contribution is 7.10. The molecule has 0 aliphatic rings. The number of hydroxylamine groups is 2. The number of amides is 1. The summed E-state index contributed by atoms with van der Waals surface area (Å²) in [5, 5.41) is 2.81. The fourth-order valence-electron chi connectivity index (χ4n) is 0.805. The van der Waals surface area contributed by atoms with Gasteiger partial charge >= 0.3 is 5.97 Å². The van der Waals surface area contributed by atoms with Gasteiger partial charge in [-0.2, -0.15) is 5.06 Å². The monoisotopic (exact) mass is 213 g/mol. The molecule has 0 aromatic carbocycles. The van der Waals surface area contributed by atoms with Gasteiger partial charge in [0.05, 0.1) is 6.42 Å². The lowest BCUT2D eigenvalue weighted by Gasteiger charge is -2.13. The van der Waals surface area contributed by atoms with Gasteiger partial charge in [-0.3, -0.25) is 4.79 Å². The summed E-state index contributed by atoms with van der Waals surface area (Å²) in [4.78, 5) is 27.6. The lowest BCUT2D eigenvalue weighted by atomic mass is 10.3. The van der Waals surface area contributed by atoms with Crippen LogP contribution < -0.4 is 0 Å². The molecule has 76 valence electrons. The first kappa shape index (κ1) is 10.7. The minimum Gasteiger partial charge on any atom is -0.338 e. The van der Waals surface area contributed by atoms with E-state index in [2.05, 4.69) is 0 Å². The van der Waals surface area contributed by atoms with Crippen molar-refractivity contribution in [3.8, 4) is 0 Å². The van der Waals surface area contributed by atoms with Crippen molar-refractivity contribution in [3.63, 3.8) is 0 Å². The van der Waals surface area contributed by atoms with Gasteiger partial charge in [0.15, 0.2) is 0 Å². The average Bonchev–Trinajstić information content (AvgIpc) is 2.56. The van der Waals surface area contributed by atoms with Crippen molar-refractivity contribution in [3.05, 3.63) is 22.4 Å². The summed E-state index contributed by atoms with van der Waals surface area (Å²) >= 11 is 1.48. The van der Waals surface area contributed by atoms with E-state index in [4.69, 9.17) is 4.84 Å². The Kier molecular flexibility index (Phi) is 3.64. The van der Waals surface area contributed by atoms with Gasteiger partial charge in [-0.25, -0.2) is 4.79 Å². The number of rotatable bonds is 2. The third-order valence-corrected chi connectivity index (χ3v) is 2.46. The Balaban J connectivity index is 2.40. The number of hydrogen-bond acceptors (Lipinski definition) is 4. The number of carbonyl (C=O) groups excluding carboxylic acids is 2. The van der Waals surface area contributed by atoms with E-state index < -0.39 is 5.97 Å². The van der Waals surface area contributed by atoms with E-state index >= 15 is 0 Å². The molecular formula is C9H11NO3S. The summed E-state index contributed by atoms with van der Waals surface area (Å²) in [6.45, 7) is 1.33. The summed E-state index contributed by atoms with van der Waals surface area (Å²) in [5.74, 6) is -0.727. The summed E-state index contributed by atoms with van der Waals surface area (Å²) < 4.78 is 0. The molecule has 0 aliphatic carbocycles. The topological polar surface area (TPSA) is 46.6 Å². The molecule has 0 unspecified atom stereocenters. The average molecular weight is 213 g/mol. The highest BCUT2D eigenvalue weighted by Crippen LogP contribution is 2.09. The molecule has 14 heavy (non-hydrogen) atoms. The fourth-order valence-corrected chi connectivity index (χ4v) is 1.49. The van der Waals surface area contributed by atoms with Crippen LogP contribution in [-0.2, 0) is 20.8 Å². The largest absolute Gasteiger partial charge is 0.338 e. The standard InChI is InChI=1S/C9H11NO3S/c1-7(11)10(2)13-9(12)6-8-4-3-5-14-8/h3-5H,6H2,1-2H3. The van der Waals surface area contributed by atoms with Gasteiger partial charge in [0, 0.05) is 18.8 Å². The van der Waals surface area contributed by atoms with E-state index in [1.165, 1.54) is 25.3 Å². The van der Waals surface area contributed by atoms with Gasteiger partial charge in [0.25, 0.3) is 5.91 Å². The maximum absolute atomic E-state index is 11.2. The first-order chi connectivity index (χ1) is 6.59. The quantitative estimate of drug-likeness (QED) is 0.694. The maximum atomic E-state index is 11.2. The number of carbonyl (C=O) groups is 2. The zero-order valence-electron chi connectivity index (χ0n) is 8.02. The van der Waals surface area contributed by atoms with E-state index in [1.807, 2.05) is 17.5 Å². The smallest absolute Gasteiger partial charge is 0.337 e. The van der Waals surface area contributed by atoms with E-state index in [0.29, 0.717) is 0 Å². The second-order valence-electron chi connectivity index (χ2n) is 2.74. The SMILES string of the molecule is CC(=O)N(C)OC(=O)Cc1cccs1. The third kappa shape index (κ3) is 3.18. The van der Waals surface area contributed by atoms with Crippen molar-refractivity contribution in [2.24, 2.45) is 0 Å². The Morgan fingerprint density at radius 2 is 2.29 bits per heavy atom. The lowest BCUT2D eigenvalue weighted by Crippen LogP contribution is -2.28. The molecule has 5 heteroatoms. The molecule has 0 radical (unpaired) electrons. The van der Waals surface area contributed by atoms with E-state index in [-0.39, 0.29) is 12.3 Å². The zero-order valence-corrected chi connectivity index (χ0v) is 8.84. The second kappa shape index (κ2) is 4.76. The Morgan fingerprint density at radius 3 is 2.79 bits per heavy atom. The Hall–Kier alpha value is -1.36. The first-order valence-corrected chi connectivity index (χ1v) is 4.95. The van der Waals surface area contributed by atoms with Crippen LogP contribution >= 0.6 is 11.3 Å². The van der Waals surface area contributed by atoms with Gasteiger partial charge in [0.1, 0.15) is 0 Å². The predicted molar refractivity (Wildman–Crippen MR) is 52.6 cm³/mol. The van der Waals surface area contributed by atoms with Crippen LogP contribution in [-0.4, -0.2) is 24.0 Å². The van der Waals surface area contributed by atoms with Gasteiger partial charge < -0.3 is 4.84 Å². The van der Waals surface area contributed by atoms with Crippen LogP contribution in [0.25, 0.3) is 0 Å². The molecule has 1 aromatic rings. The molecule has 0 saturated heterocycles. The molecule has 1 rings (SSSR count). The molecule has 0 bridgehead atoms. The third-order valence-electron chi connectivity index (χ3n) is 1.58. The zero-order chi connectivity index (χ0) is 10.6. The molecule has 1 aromatic heterocycles. The molecule has 4 nitrogen and oxygen atoms in total. The Bertz CT molecular complexity index is 321. The molecule has 0 fully saturated rings. The van der Waals surface area contributed by atoms with Crippen LogP contribution in [0.3, 0.4) is 0 Å². The molecule has 0 N–H and O–H groups in total.